The largest absolute Gasteiger partial charge is 0.294 e. The van der Waals surface area contributed by atoms with Gasteiger partial charge in [-0.3, -0.25) is 9.59 Å². The van der Waals surface area contributed by atoms with E-state index in [0.717, 1.165) is 6.42 Å². The number of carbonyl (C=O) groups is 2. The molecule has 1 aromatic carbocycles. The maximum atomic E-state index is 12.4. The molecule has 1 aromatic rings. The molecule has 2 heteroatoms. The third-order valence-electron chi connectivity index (χ3n) is 4.52. The zero-order chi connectivity index (χ0) is 11.6. The van der Waals surface area contributed by atoms with Gasteiger partial charge in [0.2, 0.25) is 0 Å². The molecule has 0 saturated heterocycles. The van der Waals surface area contributed by atoms with Gasteiger partial charge in [0.25, 0.3) is 0 Å². The molecule has 3 aliphatic carbocycles. The van der Waals surface area contributed by atoms with Gasteiger partial charge < -0.3 is 0 Å². The van der Waals surface area contributed by atoms with Crippen molar-refractivity contribution in [3.05, 3.63) is 47.5 Å². The minimum Gasteiger partial charge on any atom is -0.294 e. The van der Waals surface area contributed by atoms with E-state index in [1.165, 1.54) is 0 Å². The van der Waals surface area contributed by atoms with Gasteiger partial charge in [0, 0.05) is 23.0 Å². The monoisotopic (exact) mass is 224 g/mol. The van der Waals surface area contributed by atoms with Gasteiger partial charge in [-0.05, 0) is 18.3 Å². The molecule has 0 N–H and O–H groups in total. The Morgan fingerprint density at radius 1 is 0.824 bits per heavy atom. The number of benzene rings is 1. The maximum Gasteiger partial charge on any atom is 0.168 e. The van der Waals surface area contributed by atoms with E-state index in [9.17, 15) is 9.59 Å². The number of Topliss-reactive ketones (excluding diaryl/α,β-unsaturated/α-hetero) is 2. The van der Waals surface area contributed by atoms with Gasteiger partial charge in [0.05, 0.1) is 0 Å². The summed E-state index contributed by atoms with van der Waals surface area (Å²) in [5.74, 6) is 0.813. The number of fused-ring (bicyclic) bond motifs is 6. The Bertz CT molecular complexity index is 521. The fourth-order valence-electron chi connectivity index (χ4n) is 3.81. The van der Waals surface area contributed by atoms with Crippen LogP contribution in [0.25, 0.3) is 0 Å². The summed E-state index contributed by atoms with van der Waals surface area (Å²) in [5, 5.41) is 0. The van der Waals surface area contributed by atoms with Crippen LogP contribution >= 0.6 is 0 Å². The first-order valence-corrected chi connectivity index (χ1v) is 6.13. The average molecular weight is 224 g/mol. The van der Waals surface area contributed by atoms with Crippen molar-refractivity contribution in [1.82, 2.24) is 0 Å². The summed E-state index contributed by atoms with van der Waals surface area (Å²) in [6.45, 7) is 0. The minimum atomic E-state index is -0.0765. The molecule has 0 aromatic heterocycles. The summed E-state index contributed by atoms with van der Waals surface area (Å²) in [7, 11) is 0. The number of carbonyl (C=O) groups excluding carboxylic acids is 2. The van der Waals surface area contributed by atoms with E-state index >= 15 is 0 Å². The van der Waals surface area contributed by atoms with Gasteiger partial charge in [-0.25, -0.2) is 0 Å². The molecular formula is C15H12O2. The second kappa shape index (κ2) is 2.95. The summed E-state index contributed by atoms with van der Waals surface area (Å²) in [6, 6.07) is 7.27. The lowest BCUT2D eigenvalue weighted by molar-refractivity contribution is 0.0720. The quantitative estimate of drug-likeness (QED) is 0.634. The zero-order valence-corrected chi connectivity index (χ0v) is 9.30. The number of rotatable bonds is 0. The van der Waals surface area contributed by atoms with Crippen LogP contribution in [0.3, 0.4) is 0 Å². The summed E-state index contributed by atoms with van der Waals surface area (Å²) < 4.78 is 0. The van der Waals surface area contributed by atoms with Crippen molar-refractivity contribution < 1.29 is 9.59 Å². The molecule has 4 unspecified atom stereocenters. The van der Waals surface area contributed by atoms with Crippen molar-refractivity contribution in [1.29, 1.82) is 0 Å². The highest BCUT2D eigenvalue weighted by molar-refractivity contribution is 6.16. The number of hydrogen-bond acceptors (Lipinski definition) is 2. The van der Waals surface area contributed by atoms with Crippen LogP contribution in [0, 0.1) is 23.7 Å². The van der Waals surface area contributed by atoms with Crippen molar-refractivity contribution in [2.24, 2.45) is 23.7 Å². The third kappa shape index (κ3) is 1.01. The topological polar surface area (TPSA) is 34.1 Å². The van der Waals surface area contributed by atoms with E-state index in [0.29, 0.717) is 23.0 Å². The van der Waals surface area contributed by atoms with Gasteiger partial charge in [-0.15, -0.1) is 0 Å². The molecule has 0 amide bonds. The van der Waals surface area contributed by atoms with E-state index in [2.05, 4.69) is 12.2 Å². The number of hydrogen-bond donors (Lipinski definition) is 0. The lowest BCUT2D eigenvalue weighted by Gasteiger charge is -2.31. The number of ketones is 2. The molecule has 0 spiro atoms. The fraction of sp³-hybridized carbons (Fsp3) is 0.333. The first-order valence-electron chi connectivity index (χ1n) is 6.13. The van der Waals surface area contributed by atoms with Crippen molar-refractivity contribution in [3.63, 3.8) is 0 Å². The van der Waals surface area contributed by atoms with Crippen LogP contribution in [0.4, 0.5) is 0 Å². The standard InChI is InChI=1S/C15H12O2/c16-14-10-3-1-2-4-11(10)15(17)13-9-6-5-8(7-9)12(13)14/h1-6,8-9,12-13H,7H2. The second-order valence-corrected chi connectivity index (χ2v) is 5.27. The van der Waals surface area contributed by atoms with E-state index < -0.39 is 0 Å². The first kappa shape index (κ1) is 9.34. The van der Waals surface area contributed by atoms with E-state index in [4.69, 9.17) is 0 Å². The molecule has 17 heavy (non-hydrogen) atoms. The summed E-state index contributed by atoms with van der Waals surface area (Å²) in [5.41, 5.74) is 1.28. The summed E-state index contributed by atoms with van der Waals surface area (Å²) >= 11 is 0. The fourth-order valence-corrected chi connectivity index (χ4v) is 3.81. The highest BCUT2D eigenvalue weighted by Crippen LogP contribution is 2.52. The Balaban J connectivity index is 1.94. The molecule has 1 fully saturated rings. The smallest absolute Gasteiger partial charge is 0.168 e. The molecule has 3 aliphatic rings. The molecule has 0 radical (unpaired) electrons. The predicted octanol–water partition coefficient (Wildman–Crippen LogP) is 2.50. The van der Waals surface area contributed by atoms with E-state index in [-0.39, 0.29) is 23.4 Å². The predicted molar refractivity (Wildman–Crippen MR) is 62.8 cm³/mol. The highest BCUT2D eigenvalue weighted by Gasteiger charge is 2.54. The van der Waals surface area contributed by atoms with E-state index in [1.807, 2.05) is 12.1 Å². The van der Waals surface area contributed by atoms with Crippen LogP contribution in [-0.4, -0.2) is 11.6 Å². The average Bonchev–Trinajstić information content (AvgIpc) is 2.96. The molecule has 2 nitrogen and oxygen atoms in total. The Labute approximate surface area is 99.3 Å². The van der Waals surface area contributed by atoms with Crippen LogP contribution in [0.15, 0.2) is 36.4 Å². The molecule has 0 aliphatic heterocycles. The van der Waals surface area contributed by atoms with Crippen LogP contribution in [0.1, 0.15) is 27.1 Å². The second-order valence-electron chi connectivity index (χ2n) is 5.27. The Hall–Kier alpha value is -1.70. The lowest BCUT2D eigenvalue weighted by Crippen LogP contribution is -2.38. The molecule has 4 atom stereocenters. The summed E-state index contributed by atoms with van der Waals surface area (Å²) in [6.07, 6.45) is 5.25. The normalized spacial score (nSPS) is 37.2. The van der Waals surface area contributed by atoms with Crippen molar-refractivity contribution in [2.45, 2.75) is 6.42 Å². The van der Waals surface area contributed by atoms with Gasteiger partial charge >= 0.3 is 0 Å². The van der Waals surface area contributed by atoms with E-state index in [1.54, 1.807) is 12.1 Å². The highest BCUT2D eigenvalue weighted by atomic mass is 16.1. The molecule has 0 heterocycles. The Morgan fingerprint density at radius 3 is 1.76 bits per heavy atom. The molecular weight excluding hydrogens is 212 g/mol. The van der Waals surface area contributed by atoms with Gasteiger partial charge in [0.15, 0.2) is 11.6 Å². The van der Waals surface area contributed by atoms with Crippen LogP contribution in [-0.2, 0) is 0 Å². The summed E-state index contributed by atoms with van der Waals surface area (Å²) in [4.78, 5) is 24.9. The minimum absolute atomic E-state index is 0.0765. The van der Waals surface area contributed by atoms with Crippen LogP contribution in [0.2, 0.25) is 0 Å². The van der Waals surface area contributed by atoms with Gasteiger partial charge in [-0.1, -0.05) is 36.4 Å². The van der Waals surface area contributed by atoms with Crippen LogP contribution < -0.4 is 0 Å². The van der Waals surface area contributed by atoms with Gasteiger partial charge in [0.1, 0.15) is 0 Å². The maximum absolute atomic E-state index is 12.4. The zero-order valence-electron chi connectivity index (χ0n) is 9.30. The van der Waals surface area contributed by atoms with Crippen molar-refractivity contribution in [2.75, 3.05) is 0 Å². The van der Waals surface area contributed by atoms with Crippen molar-refractivity contribution >= 4 is 11.6 Å². The molecule has 4 rings (SSSR count). The molecule has 1 saturated carbocycles. The van der Waals surface area contributed by atoms with Gasteiger partial charge in [-0.2, -0.15) is 0 Å². The Morgan fingerprint density at radius 2 is 1.29 bits per heavy atom. The Kier molecular flexibility index (Phi) is 1.62. The van der Waals surface area contributed by atoms with Crippen molar-refractivity contribution in [3.8, 4) is 0 Å². The van der Waals surface area contributed by atoms with Crippen LogP contribution in [0.5, 0.6) is 0 Å². The lowest BCUT2D eigenvalue weighted by atomic mass is 9.69. The molecule has 84 valence electrons. The first-order chi connectivity index (χ1) is 8.27. The number of allylic oxidation sites excluding steroid dienone is 2. The SMILES string of the molecule is O=C1c2ccccc2C(=O)C2C3C=CC(C3)C12. The molecule has 2 bridgehead atoms. The third-order valence-corrected chi connectivity index (χ3v) is 4.52.